The van der Waals surface area contributed by atoms with Gasteiger partial charge in [0, 0.05) is 38.3 Å². The van der Waals surface area contributed by atoms with E-state index >= 15 is 0 Å². The van der Waals surface area contributed by atoms with Crippen molar-refractivity contribution in [3.63, 3.8) is 0 Å². The van der Waals surface area contributed by atoms with Crippen LogP contribution in [0.25, 0.3) is 0 Å². The maximum absolute atomic E-state index is 13.1. The maximum atomic E-state index is 13.1. The normalized spacial score (nSPS) is 20.2. The zero-order chi connectivity index (χ0) is 26.9. The zero-order valence-electron chi connectivity index (χ0n) is 22.3. The summed E-state index contributed by atoms with van der Waals surface area (Å²) in [4.78, 5) is 53.4. The molecule has 200 valence electrons. The fourth-order valence-corrected chi connectivity index (χ4v) is 4.43. The highest BCUT2D eigenvalue weighted by atomic mass is 16.6. The molecule has 0 bridgehead atoms. The van der Waals surface area contributed by atoms with E-state index in [-0.39, 0.29) is 42.9 Å². The van der Waals surface area contributed by atoms with Crippen LogP contribution in [0.1, 0.15) is 60.3 Å². The van der Waals surface area contributed by atoms with E-state index in [0.29, 0.717) is 38.2 Å². The minimum Gasteiger partial charge on any atom is -0.465 e. The minimum absolute atomic E-state index is 0.0134. The molecular formula is C27H41N3O6. The van der Waals surface area contributed by atoms with Crippen molar-refractivity contribution in [2.24, 2.45) is 17.8 Å². The molecule has 0 aliphatic carbocycles. The summed E-state index contributed by atoms with van der Waals surface area (Å²) in [6, 6.07) is 0. The van der Waals surface area contributed by atoms with Crippen LogP contribution in [0.2, 0.25) is 0 Å². The van der Waals surface area contributed by atoms with Crippen LogP contribution in [-0.4, -0.2) is 78.6 Å². The van der Waals surface area contributed by atoms with Crippen LogP contribution in [0.4, 0.5) is 4.79 Å². The SMILES string of the molecule is C#C[C@@H](CNC(=O)[C@@H]1CCCN(C(=O)/C(C)=C/C2CCN(C(=O)OC(C)(C)C)CC2)C1)C(=O)OCC. The summed E-state index contributed by atoms with van der Waals surface area (Å²) in [5.41, 5.74) is 0.130. The Morgan fingerprint density at radius 2 is 1.78 bits per heavy atom. The Morgan fingerprint density at radius 1 is 1.11 bits per heavy atom. The lowest BCUT2D eigenvalue weighted by molar-refractivity contribution is -0.145. The van der Waals surface area contributed by atoms with Crippen LogP contribution in [0.15, 0.2) is 11.6 Å². The number of terminal acetylenes is 1. The molecule has 9 nitrogen and oxygen atoms in total. The smallest absolute Gasteiger partial charge is 0.410 e. The van der Waals surface area contributed by atoms with Crippen molar-refractivity contribution in [2.75, 3.05) is 39.3 Å². The Labute approximate surface area is 214 Å². The second kappa shape index (κ2) is 13.3. The minimum atomic E-state index is -0.831. The van der Waals surface area contributed by atoms with Crippen molar-refractivity contribution in [1.29, 1.82) is 0 Å². The van der Waals surface area contributed by atoms with Gasteiger partial charge < -0.3 is 24.6 Å². The second-order valence-electron chi connectivity index (χ2n) is 10.5. The third-order valence-corrected chi connectivity index (χ3v) is 6.35. The van der Waals surface area contributed by atoms with Gasteiger partial charge in [-0.2, -0.15) is 0 Å². The molecule has 0 aromatic heterocycles. The first-order valence-electron chi connectivity index (χ1n) is 12.8. The number of likely N-dealkylation sites (tertiary alicyclic amines) is 2. The van der Waals surface area contributed by atoms with E-state index in [2.05, 4.69) is 11.2 Å². The van der Waals surface area contributed by atoms with Crippen LogP contribution in [0.3, 0.4) is 0 Å². The first kappa shape index (κ1) is 29.2. The highest BCUT2D eigenvalue weighted by Gasteiger charge is 2.31. The van der Waals surface area contributed by atoms with Crippen LogP contribution in [0, 0.1) is 30.1 Å². The number of piperidine rings is 2. The maximum Gasteiger partial charge on any atom is 0.410 e. The van der Waals surface area contributed by atoms with Gasteiger partial charge in [0.2, 0.25) is 11.8 Å². The van der Waals surface area contributed by atoms with E-state index in [4.69, 9.17) is 15.9 Å². The number of nitrogens with one attached hydrogen (secondary N) is 1. The summed E-state index contributed by atoms with van der Waals surface area (Å²) in [5, 5.41) is 2.75. The fraction of sp³-hybridized carbons (Fsp3) is 0.704. The number of hydrogen-bond donors (Lipinski definition) is 1. The predicted molar refractivity (Wildman–Crippen MR) is 136 cm³/mol. The third kappa shape index (κ3) is 8.89. The van der Waals surface area contributed by atoms with Gasteiger partial charge in [0.15, 0.2) is 0 Å². The standard InChI is InChI=1S/C27H41N3O6/c1-7-21(25(33)35-8-2)17-28-23(31)22-10-9-13-30(18-22)24(32)19(3)16-20-11-14-29(15-12-20)26(34)36-27(4,5)6/h1,16,20-22H,8-15,17-18H2,2-6H3,(H,28,31)/b19-16+/t21-,22+/m0/s1. The van der Waals surface area contributed by atoms with Crippen molar-refractivity contribution in [2.45, 2.75) is 65.9 Å². The molecule has 0 spiro atoms. The molecule has 2 rings (SSSR count). The van der Waals surface area contributed by atoms with Crippen molar-refractivity contribution in [3.05, 3.63) is 11.6 Å². The van der Waals surface area contributed by atoms with Gasteiger partial charge in [0.1, 0.15) is 11.5 Å². The first-order chi connectivity index (χ1) is 16.9. The summed E-state index contributed by atoms with van der Waals surface area (Å²) in [5.74, 6) is 0.560. The largest absolute Gasteiger partial charge is 0.465 e. The van der Waals surface area contributed by atoms with Gasteiger partial charge >= 0.3 is 12.1 Å². The molecule has 2 saturated heterocycles. The van der Waals surface area contributed by atoms with Gasteiger partial charge in [-0.3, -0.25) is 14.4 Å². The molecule has 2 heterocycles. The number of esters is 1. The van der Waals surface area contributed by atoms with Gasteiger partial charge in [-0.25, -0.2) is 4.79 Å². The second-order valence-corrected chi connectivity index (χ2v) is 10.5. The van der Waals surface area contributed by atoms with Crippen LogP contribution >= 0.6 is 0 Å². The Kier molecular flexibility index (Phi) is 10.8. The molecule has 2 aliphatic rings. The molecule has 0 radical (unpaired) electrons. The van der Waals surface area contributed by atoms with Gasteiger partial charge in [-0.1, -0.05) is 12.0 Å². The average molecular weight is 504 g/mol. The number of carbonyl (C=O) groups excluding carboxylic acids is 4. The molecule has 2 fully saturated rings. The molecule has 2 aliphatic heterocycles. The highest BCUT2D eigenvalue weighted by Crippen LogP contribution is 2.24. The van der Waals surface area contributed by atoms with Gasteiger partial charge in [-0.15, -0.1) is 6.42 Å². The Morgan fingerprint density at radius 3 is 2.36 bits per heavy atom. The number of amides is 3. The lowest BCUT2D eigenvalue weighted by Gasteiger charge is -2.34. The van der Waals surface area contributed by atoms with Crippen LogP contribution in [0.5, 0.6) is 0 Å². The molecule has 9 heteroatoms. The molecule has 3 amide bonds. The summed E-state index contributed by atoms with van der Waals surface area (Å²) < 4.78 is 10.4. The van der Waals surface area contributed by atoms with E-state index in [0.717, 1.165) is 19.3 Å². The van der Waals surface area contributed by atoms with Crippen molar-refractivity contribution in [1.82, 2.24) is 15.1 Å². The molecule has 0 aromatic rings. The summed E-state index contributed by atoms with van der Waals surface area (Å²) in [6.45, 7) is 11.4. The highest BCUT2D eigenvalue weighted by molar-refractivity contribution is 5.93. The Hall–Kier alpha value is -3.02. The quantitative estimate of drug-likeness (QED) is 0.325. The van der Waals surface area contributed by atoms with E-state index in [1.807, 2.05) is 33.8 Å². The fourth-order valence-electron chi connectivity index (χ4n) is 4.43. The summed E-state index contributed by atoms with van der Waals surface area (Å²) in [7, 11) is 0. The third-order valence-electron chi connectivity index (χ3n) is 6.35. The number of allylic oxidation sites excluding steroid dienone is 1. The predicted octanol–water partition coefficient (Wildman–Crippen LogP) is 2.75. The van der Waals surface area contributed by atoms with E-state index < -0.39 is 17.5 Å². The number of carbonyl (C=O) groups is 4. The molecule has 36 heavy (non-hydrogen) atoms. The Bertz CT molecular complexity index is 877. The number of ether oxygens (including phenoxy) is 2. The monoisotopic (exact) mass is 503 g/mol. The van der Waals surface area contributed by atoms with Gasteiger partial charge in [0.25, 0.3) is 0 Å². The lowest BCUT2D eigenvalue weighted by Crippen LogP contribution is -2.46. The van der Waals surface area contributed by atoms with E-state index in [1.165, 1.54) is 0 Å². The average Bonchev–Trinajstić information content (AvgIpc) is 2.83. The summed E-state index contributed by atoms with van der Waals surface area (Å²) in [6.07, 6.45) is 10.0. The van der Waals surface area contributed by atoms with Gasteiger partial charge in [0.05, 0.1) is 12.5 Å². The Balaban J connectivity index is 1.86. The molecule has 2 atom stereocenters. The zero-order valence-corrected chi connectivity index (χ0v) is 22.3. The van der Waals surface area contributed by atoms with Gasteiger partial charge in [-0.05, 0) is 66.2 Å². The topological polar surface area (TPSA) is 105 Å². The van der Waals surface area contributed by atoms with Crippen LogP contribution in [-0.2, 0) is 23.9 Å². The molecular weight excluding hydrogens is 462 g/mol. The van der Waals surface area contributed by atoms with E-state index in [1.54, 1.807) is 16.7 Å². The molecule has 0 saturated carbocycles. The molecule has 0 aromatic carbocycles. The molecule has 0 unspecified atom stereocenters. The number of rotatable bonds is 7. The molecule has 1 N–H and O–H groups in total. The number of nitrogens with zero attached hydrogens (tertiary/aromatic N) is 2. The van der Waals surface area contributed by atoms with Crippen molar-refractivity contribution >= 4 is 23.9 Å². The first-order valence-corrected chi connectivity index (χ1v) is 12.8. The summed E-state index contributed by atoms with van der Waals surface area (Å²) >= 11 is 0. The van der Waals surface area contributed by atoms with Crippen LogP contribution < -0.4 is 5.32 Å². The van der Waals surface area contributed by atoms with Crippen molar-refractivity contribution < 1.29 is 28.7 Å². The number of hydrogen-bond acceptors (Lipinski definition) is 6. The van der Waals surface area contributed by atoms with Crippen molar-refractivity contribution in [3.8, 4) is 12.3 Å². The lowest BCUT2D eigenvalue weighted by atomic mass is 9.93. The van der Waals surface area contributed by atoms with E-state index in [9.17, 15) is 19.2 Å².